The molecule has 1 amide bonds. The van der Waals surface area contributed by atoms with Crippen molar-refractivity contribution in [3.8, 4) is 5.75 Å². The number of anilines is 1. The van der Waals surface area contributed by atoms with Crippen molar-refractivity contribution in [3.63, 3.8) is 0 Å². The quantitative estimate of drug-likeness (QED) is 0.530. The molecule has 5 nitrogen and oxygen atoms in total. The number of halogens is 3. The number of nitrogens with one attached hydrogen (secondary N) is 1. The molecule has 0 saturated carbocycles. The molecule has 0 spiro atoms. The van der Waals surface area contributed by atoms with Gasteiger partial charge in [0.15, 0.2) is 0 Å². The maximum absolute atomic E-state index is 12.6. The van der Waals surface area contributed by atoms with Gasteiger partial charge in [0, 0.05) is 11.8 Å². The zero-order valence-corrected chi connectivity index (χ0v) is 16.2. The van der Waals surface area contributed by atoms with E-state index in [2.05, 4.69) is 0 Å². The summed E-state index contributed by atoms with van der Waals surface area (Å²) in [6.07, 6.45) is -5.04. The molecular formula is C23H18F3NO4. The lowest BCUT2D eigenvalue weighted by atomic mass is 10.1. The van der Waals surface area contributed by atoms with Gasteiger partial charge in [0.05, 0.1) is 0 Å². The Bertz CT molecular complexity index is 1040. The largest absolute Gasteiger partial charge is 0.488 e. The van der Waals surface area contributed by atoms with E-state index in [1.54, 1.807) is 53.8 Å². The number of rotatable bonds is 7. The van der Waals surface area contributed by atoms with E-state index < -0.39 is 18.1 Å². The van der Waals surface area contributed by atoms with Crippen LogP contribution in [0.2, 0.25) is 0 Å². The molecule has 0 fully saturated rings. The first-order valence-corrected chi connectivity index (χ1v) is 9.23. The lowest BCUT2D eigenvalue weighted by molar-refractivity contribution is -0.167. The zero-order valence-electron chi connectivity index (χ0n) is 16.2. The third kappa shape index (κ3) is 6.33. The molecule has 1 N–H and O–H groups in total. The molecule has 0 saturated heterocycles. The first-order chi connectivity index (χ1) is 14.8. The number of amides is 1. The molecule has 160 valence electrons. The monoisotopic (exact) mass is 429 g/mol. The molecule has 3 aromatic rings. The Labute approximate surface area is 176 Å². The summed E-state index contributed by atoms with van der Waals surface area (Å²) in [7, 11) is 0. The molecule has 0 aliphatic carbocycles. The van der Waals surface area contributed by atoms with E-state index >= 15 is 0 Å². The summed E-state index contributed by atoms with van der Waals surface area (Å²) in [5.41, 5.74) is 1.43. The van der Waals surface area contributed by atoms with Crippen molar-refractivity contribution in [2.75, 3.05) is 5.32 Å². The van der Waals surface area contributed by atoms with Gasteiger partial charge in [-0.05, 0) is 23.3 Å². The minimum absolute atomic E-state index is 0.0121. The highest BCUT2D eigenvalue weighted by Gasteiger charge is 2.38. The van der Waals surface area contributed by atoms with Crippen LogP contribution in [-0.4, -0.2) is 18.1 Å². The Kier molecular flexibility index (Phi) is 6.92. The fourth-order valence-corrected chi connectivity index (χ4v) is 2.63. The second-order valence-corrected chi connectivity index (χ2v) is 6.50. The van der Waals surface area contributed by atoms with E-state index in [0.29, 0.717) is 0 Å². The van der Waals surface area contributed by atoms with E-state index in [0.717, 1.165) is 17.2 Å². The van der Waals surface area contributed by atoms with Gasteiger partial charge in [-0.25, -0.2) is 4.79 Å². The predicted molar refractivity (Wildman–Crippen MR) is 107 cm³/mol. The summed E-state index contributed by atoms with van der Waals surface area (Å²) >= 11 is 0. The number of ether oxygens (including phenoxy) is 2. The summed E-state index contributed by atoms with van der Waals surface area (Å²) in [6, 6.07) is 21.6. The topological polar surface area (TPSA) is 64.6 Å². The van der Waals surface area contributed by atoms with Gasteiger partial charge in [-0.3, -0.25) is 4.79 Å². The molecule has 0 aromatic heterocycles. The van der Waals surface area contributed by atoms with Gasteiger partial charge in [-0.15, -0.1) is 0 Å². The van der Waals surface area contributed by atoms with Crippen LogP contribution in [-0.2, 0) is 22.7 Å². The Morgan fingerprint density at radius 2 is 1.39 bits per heavy atom. The summed E-state index contributed by atoms with van der Waals surface area (Å²) in [5.74, 6) is -2.84. The molecule has 0 aliphatic heterocycles. The summed E-state index contributed by atoms with van der Waals surface area (Å²) < 4.78 is 48.6. The minimum atomic E-state index is -5.04. The molecule has 8 heteroatoms. The number of carbonyl (C=O) groups is 2. The van der Waals surface area contributed by atoms with E-state index in [4.69, 9.17) is 9.47 Å². The molecule has 3 aromatic carbocycles. The van der Waals surface area contributed by atoms with Crippen LogP contribution in [0.1, 0.15) is 21.5 Å². The van der Waals surface area contributed by atoms with Gasteiger partial charge in [0.1, 0.15) is 24.5 Å². The molecule has 0 bridgehead atoms. The number of carbonyl (C=O) groups excluding carboxylic acids is 2. The predicted octanol–water partition coefficient (Wildman–Crippen LogP) is 5.12. The van der Waals surface area contributed by atoms with Crippen LogP contribution >= 0.6 is 0 Å². The highest BCUT2D eigenvalue weighted by Crippen LogP contribution is 2.27. The Morgan fingerprint density at radius 3 is 1.97 bits per heavy atom. The molecule has 0 aliphatic rings. The highest BCUT2D eigenvalue weighted by atomic mass is 19.4. The van der Waals surface area contributed by atoms with Crippen molar-refractivity contribution >= 4 is 17.6 Å². The fourth-order valence-electron chi connectivity index (χ4n) is 2.63. The van der Waals surface area contributed by atoms with Crippen molar-refractivity contribution in [3.05, 3.63) is 95.6 Å². The van der Waals surface area contributed by atoms with Crippen molar-refractivity contribution in [2.24, 2.45) is 0 Å². The normalized spacial score (nSPS) is 10.9. The lowest BCUT2D eigenvalue weighted by Gasteiger charge is -2.14. The van der Waals surface area contributed by atoms with Gasteiger partial charge in [0.2, 0.25) is 0 Å². The SMILES string of the molecule is O=C(OCc1ccccc1)c1ccc(NC(=O)C(F)(F)F)cc1OCc1ccccc1. The number of esters is 1. The van der Waals surface area contributed by atoms with Gasteiger partial charge >= 0.3 is 18.1 Å². The highest BCUT2D eigenvalue weighted by molar-refractivity contribution is 5.97. The van der Waals surface area contributed by atoms with Crippen LogP contribution in [0, 0.1) is 0 Å². The average Bonchev–Trinajstić information content (AvgIpc) is 2.77. The van der Waals surface area contributed by atoms with Crippen molar-refractivity contribution < 1.29 is 32.2 Å². The molecule has 31 heavy (non-hydrogen) atoms. The van der Waals surface area contributed by atoms with Crippen LogP contribution in [0.25, 0.3) is 0 Å². The van der Waals surface area contributed by atoms with Gasteiger partial charge in [0.25, 0.3) is 0 Å². The first-order valence-electron chi connectivity index (χ1n) is 9.23. The van der Waals surface area contributed by atoms with Crippen LogP contribution in [0.5, 0.6) is 5.75 Å². The minimum Gasteiger partial charge on any atom is -0.488 e. The van der Waals surface area contributed by atoms with Crippen molar-refractivity contribution in [2.45, 2.75) is 19.4 Å². The second kappa shape index (κ2) is 9.80. The first kappa shape index (κ1) is 21.9. The van der Waals surface area contributed by atoms with E-state index in [-0.39, 0.29) is 30.2 Å². The molecular weight excluding hydrogens is 411 g/mol. The van der Waals surface area contributed by atoms with Crippen LogP contribution in [0.4, 0.5) is 18.9 Å². The molecule has 0 heterocycles. The lowest BCUT2D eigenvalue weighted by Crippen LogP contribution is -2.29. The third-order valence-corrected chi connectivity index (χ3v) is 4.17. The standard InChI is InChI=1S/C23H18F3NO4/c24-23(25,26)22(29)27-18-11-12-19(21(28)31-15-17-9-5-2-6-10-17)20(13-18)30-14-16-7-3-1-4-8-16/h1-13H,14-15H2,(H,27,29). The maximum atomic E-state index is 12.6. The van der Waals surface area contributed by atoms with Crippen molar-refractivity contribution in [1.82, 2.24) is 0 Å². The second-order valence-electron chi connectivity index (χ2n) is 6.50. The average molecular weight is 429 g/mol. The summed E-state index contributed by atoms with van der Waals surface area (Å²) in [6.45, 7) is 0.0842. The Hall–Kier alpha value is -3.81. The smallest absolute Gasteiger partial charge is 0.471 e. The number of alkyl halides is 3. The van der Waals surface area contributed by atoms with Gasteiger partial charge in [-0.2, -0.15) is 13.2 Å². The third-order valence-electron chi connectivity index (χ3n) is 4.17. The van der Waals surface area contributed by atoms with E-state index in [1.165, 1.54) is 12.1 Å². The zero-order chi connectivity index (χ0) is 22.3. The van der Waals surface area contributed by atoms with Crippen LogP contribution in [0.3, 0.4) is 0 Å². The molecule has 0 unspecified atom stereocenters. The fraction of sp³-hybridized carbons (Fsp3) is 0.130. The number of benzene rings is 3. The van der Waals surface area contributed by atoms with Gasteiger partial charge < -0.3 is 14.8 Å². The van der Waals surface area contributed by atoms with Crippen molar-refractivity contribution in [1.29, 1.82) is 0 Å². The summed E-state index contributed by atoms with van der Waals surface area (Å²) in [4.78, 5) is 23.8. The van der Waals surface area contributed by atoms with Gasteiger partial charge in [-0.1, -0.05) is 60.7 Å². The molecule has 0 radical (unpaired) electrons. The van der Waals surface area contributed by atoms with Crippen LogP contribution in [0.15, 0.2) is 78.9 Å². The molecule has 3 rings (SSSR count). The Balaban J connectivity index is 1.80. The number of hydrogen-bond acceptors (Lipinski definition) is 4. The van der Waals surface area contributed by atoms with E-state index in [1.807, 2.05) is 12.1 Å². The number of hydrogen-bond donors (Lipinski definition) is 1. The van der Waals surface area contributed by atoms with E-state index in [9.17, 15) is 22.8 Å². The van der Waals surface area contributed by atoms with Crippen LogP contribution < -0.4 is 10.1 Å². The summed E-state index contributed by atoms with van der Waals surface area (Å²) in [5, 5.41) is 1.75. The maximum Gasteiger partial charge on any atom is 0.471 e. The Morgan fingerprint density at radius 1 is 0.806 bits per heavy atom. The molecule has 0 atom stereocenters.